The van der Waals surface area contributed by atoms with Gasteiger partial charge in [0.1, 0.15) is 5.75 Å². The highest BCUT2D eigenvalue weighted by molar-refractivity contribution is 6.35. The molecule has 0 saturated heterocycles. The number of amides is 1. The number of non-ortho nitro benzene ring substituents is 1. The molecular formula is C15H13Cl2N3O4. The van der Waals surface area contributed by atoms with Crippen LogP contribution in [0.3, 0.4) is 0 Å². The third-order valence-corrected chi connectivity index (χ3v) is 3.60. The Balaban J connectivity index is 2.07. The maximum atomic E-state index is 12.0. The maximum Gasteiger partial charge on any atom is 0.271 e. The van der Waals surface area contributed by atoms with E-state index in [4.69, 9.17) is 27.9 Å². The average molecular weight is 370 g/mol. The fourth-order valence-electron chi connectivity index (χ4n) is 1.91. The van der Waals surface area contributed by atoms with Gasteiger partial charge in [-0.15, -0.1) is 0 Å². The summed E-state index contributed by atoms with van der Waals surface area (Å²) >= 11 is 11.8. The van der Waals surface area contributed by atoms with Gasteiger partial charge in [-0.05, 0) is 24.3 Å². The molecule has 0 radical (unpaired) electrons. The van der Waals surface area contributed by atoms with Crippen LogP contribution in [0.1, 0.15) is 0 Å². The largest absolute Gasteiger partial charge is 0.495 e. The van der Waals surface area contributed by atoms with Gasteiger partial charge in [0.15, 0.2) is 0 Å². The van der Waals surface area contributed by atoms with Crippen molar-refractivity contribution in [2.75, 3.05) is 24.3 Å². The fraction of sp³-hybridized carbons (Fsp3) is 0.133. The SMILES string of the molecule is COc1ccc([N+](=O)[O-])cc1NCC(=O)Nc1cc(Cl)ccc1Cl. The molecule has 7 nitrogen and oxygen atoms in total. The quantitative estimate of drug-likeness (QED) is 0.593. The van der Waals surface area contributed by atoms with Crippen molar-refractivity contribution in [3.05, 3.63) is 56.6 Å². The molecule has 0 fully saturated rings. The number of carbonyl (C=O) groups excluding carboxylic acids is 1. The lowest BCUT2D eigenvalue weighted by Crippen LogP contribution is -2.22. The van der Waals surface area contributed by atoms with E-state index in [0.29, 0.717) is 27.2 Å². The highest BCUT2D eigenvalue weighted by Gasteiger charge is 2.13. The molecule has 0 aromatic heterocycles. The topological polar surface area (TPSA) is 93.5 Å². The zero-order valence-corrected chi connectivity index (χ0v) is 14.0. The molecule has 9 heteroatoms. The van der Waals surface area contributed by atoms with Gasteiger partial charge >= 0.3 is 0 Å². The van der Waals surface area contributed by atoms with Crippen LogP contribution < -0.4 is 15.4 Å². The van der Waals surface area contributed by atoms with E-state index in [2.05, 4.69) is 10.6 Å². The van der Waals surface area contributed by atoms with Crippen LogP contribution in [0.15, 0.2) is 36.4 Å². The zero-order valence-electron chi connectivity index (χ0n) is 12.5. The number of rotatable bonds is 6. The van der Waals surface area contributed by atoms with Crippen LogP contribution in [0.2, 0.25) is 10.0 Å². The normalized spacial score (nSPS) is 10.1. The average Bonchev–Trinajstić information content (AvgIpc) is 2.56. The van der Waals surface area contributed by atoms with Gasteiger partial charge in [0, 0.05) is 17.2 Å². The number of hydrogen-bond acceptors (Lipinski definition) is 5. The number of benzene rings is 2. The Morgan fingerprint density at radius 1 is 1.21 bits per heavy atom. The van der Waals surface area contributed by atoms with Gasteiger partial charge in [0.25, 0.3) is 5.69 Å². The summed E-state index contributed by atoms with van der Waals surface area (Å²) in [4.78, 5) is 22.3. The molecule has 2 rings (SSSR count). The van der Waals surface area contributed by atoms with E-state index in [-0.39, 0.29) is 12.2 Å². The van der Waals surface area contributed by atoms with Gasteiger partial charge in [0.2, 0.25) is 5.91 Å². The summed E-state index contributed by atoms with van der Waals surface area (Å²) in [6.45, 7) is -0.139. The summed E-state index contributed by atoms with van der Waals surface area (Å²) in [6.07, 6.45) is 0. The van der Waals surface area contributed by atoms with Crippen LogP contribution in [0, 0.1) is 10.1 Å². The molecule has 126 valence electrons. The van der Waals surface area contributed by atoms with Gasteiger partial charge in [-0.25, -0.2) is 0 Å². The molecule has 0 heterocycles. The van der Waals surface area contributed by atoms with Gasteiger partial charge in [-0.1, -0.05) is 23.2 Å². The van der Waals surface area contributed by atoms with Crippen molar-refractivity contribution >= 4 is 46.2 Å². The monoisotopic (exact) mass is 369 g/mol. The number of nitro benzene ring substituents is 1. The van der Waals surface area contributed by atoms with Gasteiger partial charge < -0.3 is 15.4 Å². The first-order valence-electron chi connectivity index (χ1n) is 6.72. The van der Waals surface area contributed by atoms with Crippen LogP contribution in [0.25, 0.3) is 0 Å². The minimum Gasteiger partial charge on any atom is -0.495 e. The zero-order chi connectivity index (χ0) is 17.7. The Hall–Kier alpha value is -2.51. The number of nitrogens with zero attached hydrogens (tertiary/aromatic N) is 1. The molecule has 2 N–H and O–H groups in total. The molecule has 1 amide bonds. The van der Waals surface area contributed by atoms with Crippen LogP contribution in [0.4, 0.5) is 17.1 Å². The predicted molar refractivity (Wildman–Crippen MR) is 93.2 cm³/mol. The van der Waals surface area contributed by atoms with E-state index in [0.717, 1.165) is 0 Å². The number of methoxy groups -OCH3 is 1. The predicted octanol–water partition coefficient (Wildman–Crippen LogP) is 3.96. The van der Waals surface area contributed by atoms with Crippen molar-refractivity contribution in [3.63, 3.8) is 0 Å². The molecule has 0 aliphatic carbocycles. The summed E-state index contributed by atoms with van der Waals surface area (Å²) in [5.74, 6) is -0.0121. The van der Waals surface area contributed by atoms with E-state index in [1.807, 2.05) is 0 Å². The highest BCUT2D eigenvalue weighted by Crippen LogP contribution is 2.29. The van der Waals surface area contributed by atoms with Crippen LogP contribution in [-0.4, -0.2) is 24.5 Å². The maximum absolute atomic E-state index is 12.0. The summed E-state index contributed by atoms with van der Waals surface area (Å²) in [5, 5.41) is 17.0. The van der Waals surface area contributed by atoms with Gasteiger partial charge in [-0.2, -0.15) is 0 Å². The van der Waals surface area contributed by atoms with Crippen LogP contribution >= 0.6 is 23.2 Å². The fourth-order valence-corrected chi connectivity index (χ4v) is 2.25. The number of halogens is 2. The molecule has 0 bridgehead atoms. The molecule has 0 atom stereocenters. The second-order valence-electron chi connectivity index (χ2n) is 4.67. The lowest BCUT2D eigenvalue weighted by molar-refractivity contribution is -0.384. The number of nitro groups is 1. The van der Waals surface area contributed by atoms with Crippen molar-refractivity contribution in [2.24, 2.45) is 0 Å². The van der Waals surface area contributed by atoms with E-state index in [1.165, 1.54) is 31.4 Å². The molecule has 0 aliphatic heterocycles. The smallest absolute Gasteiger partial charge is 0.271 e. The standard InChI is InChI=1S/C15H13Cl2N3O4/c1-24-14-5-3-10(20(22)23)7-13(14)18-8-15(21)19-12-6-9(16)2-4-11(12)17/h2-7,18H,8H2,1H3,(H,19,21). The Labute approximate surface area is 147 Å². The minimum absolute atomic E-state index is 0.114. The van der Waals surface area contributed by atoms with E-state index < -0.39 is 10.8 Å². The third-order valence-electron chi connectivity index (χ3n) is 3.04. The highest BCUT2D eigenvalue weighted by atomic mass is 35.5. The van der Waals surface area contributed by atoms with Crippen molar-refractivity contribution in [3.8, 4) is 5.75 Å². The Kier molecular flexibility index (Phi) is 5.83. The summed E-state index contributed by atoms with van der Waals surface area (Å²) in [5.41, 5.74) is 0.595. The molecular weight excluding hydrogens is 357 g/mol. The first-order valence-corrected chi connectivity index (χ1v) is 7.47. The van der Waals surface area contributed by atoms with Crippen molar-refractivity contribution in [1.29, 1.82) is 0 Å². The molecule has 2 aromatic rings. The molecule has 0 spiro atoms. The lowest BCUT2D eigenvalue weighted by Gasteiger charge is -2.12. The van der Waals surface area contributed by atoms with Gasteiger partial charge in [-0.3, -0.25) is 14.9 Å². The second kappa shape index (κ2) is 7.85. The van der Waals surface area contributed by atoms with Crippen molar-refractivity contribution in [2.45, 2.75) is 0 Å². The molecule has 2 aromatic carbocycles. The number of carbonyl (C=O) groups is 1. The number of ether oxygens (including phenoxy) is 1. The first kappa shape index (κ1) is 17.8. The summed E-state index contributed by atoms with van der Waals surface area (Å²) in [7, 11) is 1.43. The van der Waals surface area contributed by atoms with E-state index in [9.17, 15) is 14.9 Å². The molecule has 0 aliphatic rings. The molecule has 24 heavy (non-hydrogen) atoms. The number of hydrogen-bond donors (Lipinski definition) is 2. The first-order chi connectivity index (χ1) is 11.4. The number of nitrogens with one attached hydrogen (secondary N) is 2. The lowest BCUT2D eigenvalue weighted by atomic mass is 10.2. The number of anilines is 2. The van der Waals surface area contributed by atoms with E-state index >= 15 is 0 Å². The Morgan fingerprint density at radius 2 is 1.96 bits per heavy atom. The second-order valence-corrected chi connectivity index (χ2v) is 5.51. The third kappa shape index (κ3) is 4.50. The van der Waals surface area contributed by atoms with Crippen LogP contribution in [-0.2, 0) is 4.79 Å². The summed E-state index contributed by atoms with van der Waals surface area (Å²) in [6, 6.07) is 8.75. The Bertz CT molecular complexity index is 783. The molecule has 0 unspecified atom stereocenters. The minimum atomic E-state index is -0.531. The summed E-state index contributed by atoms with van der Waals surface area (Å²) < 4.78 is 5.11. The Morgan fingerprint density at radius 3 is 2.62 bits per heavy atom. The van der Waals surface area contributed by atoms with Crippen LogP contribution in [0.5, 0.6) is 5.75 Å². The molecule has 0 saturated carbocycles. The van der Waals surface area contributed by atoms with Gasteiger partial charge in [0.05, 0.1) is 35.0 Å². The van der Waals surface area contributed by atoms with Crippen molar-refractivity contribution < 1.29 is 14.5 Å². The van der Waals surface area contributed by atoms with E-state index in [1.54, 1.807) is 12.1 Å². The van der Waals surface area contributed by atoms with Crippen molar-refractivity contribution in [1.82, 2.24) is 0 Å².